The molecule has 0 aliphatic carbocycles. The van der Waals surface area contributed by atoms with Gasteiger partial charge in [-0.3, -0.25) is 4.90 Å². The number of esters is 1. The highest BCUT2D eigenvalue weighted by atomic mass is 16.5. The van der Waals surface area contributed by atoms with Crippen LogP contribution in [-0.2, 0) is 4.74 Å². The summed E-state index contributed by atoms with van der Waals surface area (Å²) in [6.45, 7) is 0. The number of nitrogens with one attached hydrogen (secondary N) is 2. The van der Waals surface area contributed by atoms with Gasteiger partial charge >= 0.3 is 18.0 Å². The van der Waals surface area contributed by atoms with E-state index in [2.05, 4.69) is 15.4 Å². The van der Waals surface area contributed by atoms with Crippen molar-refractivity contribution in [3.8, 4) is 11.5 Å². The third-order valence-corrected chi connectivity index (χ3v) is 5.06. The lowest BCUT2D eigenvalue weighted by molar-refractivity contribution is 0.0600. The summed E-state index contributed by atoms with van der Waals surface area (Å²) in [4.78, 5) is 36.0. The molecule has 0 bridgehead atoms. The number of carbonyl (C=O) groups is 3. The number of aromatic hydroxyl groups is 2. The number of nitrogens with two attached hydrogens (primary N) is 1. The number of phenolic OH excluding ortho intramolecular Hbond substituents is 2. The second-order valence-electron chi connectivity index (χ2n) is 7.67. The van der Waals surface area contributed by atoms with Gasteiger partial charge in [-0.1, -0.05) is 48.5 Å². The van der Waals surface area contributed by atoms with Crippen molar-refractivity contribution in [1.82, 2.24) is 0 Å². The van der Waals surface area contributed by atoms with Gasteiger partial charge in [-0.2, -0.15) is 0 Å². The summed E-state index contributed by atoms with van der Waals surface area (Å²) < 4.78 is 4.62. The van der Waals surface area contributed by atoms with Crippen LogP contribution in [-0.4, -0.2) is 35.4 Å². The second kappa shape index (κ2) is 13.0. The van der Waals surface area contributed by atoms with Gasteiger partial charge in [0.05, 0.1) is 29.7 Å². The molecule has 0 saturated carbocycles. The molecule has 10 heteroatoms. The third-order valence-electron chi connectivity index (χ3n) is 5.06. The molecule has 194 valence electrons. The number of nitrogens with zero attached hydrogens (tertiary/aromatic N) is 1. The number of primary amides is 1. The molecule has 0 spiro atoms. The minimum Gasteiger partial charge on any atom is -0.506 e. The minimum atomic E-state index is -0.779. The zero-order valence-corrected chi connectivity index (χ0v) is 20.4. The molecular formula is C28H26N4O6. The Kier molecular flexibility index (Phi) is 9.25. The number of anilines is 4. The molecule has 38 heavy (non-hydrogen) atoms. The molecule has 0 aliphatic heterocycles. The first-order chi connectivity index (χ1) is 18.3. The largest absolute Gasteiger partial charge is 0.506 e. The van der Waals surface area contributed by atoms with Gasteiger partial charge in [0.15, 0.2) is 0 Å². The topological polar surface area (TPSA) is 154 Å². The van der Waals surface area contributed by atoms with Crippen LogP contribution in [0.25, 0.3) is 0 Å². The molecule has 0 aromatic heterocycles. The minimum absolute atomic E-state index is 0.0377. The Morgan fingerprint density at radius 1 is 0.763 bits per heavy atom. The van der Waals surface area contributed by atoms with Gasteiger partial charge < -0.3 is 31.3 Å². The van der Waals surface area contributed by atoms with Crippen LogP contribution < -0.4 is 21.3 Å². The molecule has 0 fully saturated rings. The zero-order valence-electron chi connectivity index (χ0n) is 20.4. The number of hydrogen-bond acceptors (Lipinski definition) is 6. The first-order valence-corrected chi connectivity index (χ1v) is 11.3. The summed E-state index contributed by atoms with van der Waals surface area (Å²) in [6, 6.07) is 27.1. The van der Waals surface area contributed by atoms with E-state index in [0.717, 1.165) is 4.90 Å². The Balaban J connectivity index is 0.000000215. The molecule has 4 aromatic rings. The molecule has 10 nitrogen and oxygen atoms in total. The number of para-hydroxylation sites is 4. The van der Waals surface area contributed by atoms with Gasteiger partial charge in [0.1, 0.15) is 11.5 Å². The molecule has 0 saturated heterocycles. The Hall–Kier alpha value is -5.51. The standard InChI is InChI=1S/C15H14N2O4.C13H12N2O2/c1-21-14(19)10-7-8-13(18)12(9-10)17(15(16)20)11-5-3-2-4-6-11;16-12-9-5-4-8-11(12)15-13(17)14-10-6-2-1-3-7-10/h2-9,18H,1H3,(H2,16,20);1-9,16H,(H2,14,15,17). The first kappa shape index (κ1) is 27.1. The van der Waals surface area contributed by atoms with Crippen LogP contribution in [0.15, 0.2) is 103 Å². The highest BCUT2D eigenvalue weighted by Gasteiger charge is 2.20. The maximum absolute atomic E-state index is 11.7. The monoisotopic (exact) mass is 514 g/mol. The lowest BCUT2D eigenvalue weighted by Gasteiger charge is -2.22. The number of phenols is 2. The molecule has 0 radical (unpaired) electrons. The van der Waals surface area contributed by atoms with Crippen LogP contribution in [0, 0.1) is 0 Å². The number of hydrogen-bond donors (Lipinski definition) is 5. The van der Waals surface area contributed by atoms with Gasteiger partial charge in [-0.05, 0) is 54.6 Å². The van der Waals surface area contributed by atoms with Crippen molar-refractivity contribution < 1.29 is 29.3 Å². The van der Waals surface area contributed by atoms with Gasteiger partial charge in [-0.15, -0.1) is 0 Å². The fourth-order valence-corrected chi connectivity index (χ4v) is 3.29. The average molecular weight is 515 g/mol. The summed E-state index contributed by atoms with van der Waals surface area (Å²) in [6.07, 6.45) is 0. The van der Waals surface area contributed by atoms with Gasteiger partial charge in [0, 0.05) is 5.69 Å². The lowest BCUT2D eigenvalue weighted by atomic mass is 10.1. The third kappa shape index (κ3) is 7.25. The predicted octanol–water partition coefficient (Wildman–Crippen LogP) is 5.43. The number of rotatable bonds is 5. The maximum atomic E-state index is 11.7. The Labute approximate surface area is 218 Å². The van der Waals surface area contributed by atoms with Crippen LogP contribution in [0.1, 0.15) is 10.4 Å². The summed E-state index contributed by atoms with van der Waals surface area (Å²) in [5.41, 5.74) is 7.24. The lowest BCUT2D eigenvalue weighted by Crippen LogP contribution is -2.31. The normalized spacial score (nSPS) is 9.82. The Morgan fingerprint density at radius 2 is 1.37 bits per heavy atom. The van der Waals surface area contributed by atoms with E-state index in [4.69, 9.17) is 5.73 Å². The fraction of sp³-hybridized carbons (Fsp3) is 0.0357. The van der Waals surface area contributed by atoms with Crippen molar-refractivity contribution in [1.29, 1.82) is 0 Å². The van der Waals surface area contributed by atoms with Crippen molar-refractivity contribution >= 4 is 40.8 Å². The molecule has 0 aliphatic rings. The van der Waals surface area contributed by atoms with Gasteiger partial charge in [0.2, 0.25) is 0 Å². The quantitative estimate of drug-likeness (QED) is 0.177. The number of methoxy groups -OCH3 is 1. The van der Waals surface area contributed by atoms with E-state index in [1.54, 1.807) is 60.7 Å². The zero-order chi connectivity index (χ0) is 27.5. The average Bonchev–Trinajstić information content (AvgIpc) is 2.92. The fourth-order valence-electron chi connectivity index (χ4n) is 3.29. The smallest absolute Gasteiger partial charge is 0.337 e. The number of carbonyl (C=O) groups excluding carboxylic acids is 3. The van der Waals surface area contributed by atoms with Crippen LogP contribution >= 0.6 is 0 Å². The highest BCUT2D eigenvalue weighted by Crippen LogP contribution is 2.34. The second-order valence-corrected chi connectivity index (χ2v) is 7.67. The highest BCUT2D eigenvalue weighted by molar-refractivity contribution is 6.02. The predicted molar refractivity (Wildman–Crippen MR) is 145 cm³/mol. The molecule has 0 atom stereocenters. The maximum Gasteiger partial charge on any atom is 0.337 e. The molecule has 4 rings (SSSR count). The molecule has 4 amide bonds. The van der Waals surface area contributed by atoms with E-state index in [1.165, 1.54) is 31.4 Å². The SMILES string of the molecule is COC(=O)c1ccc(O)c(N(C(N)=O)c2ccccc2)c1.O=C(Nc1ccccc1)Nc1ccccc1O. The summed E-state index contributed by atoms with van der Waals surface area (Å²) in [5, 5.41) is 24.7. The number of amides is 4. The molecule has 0 heterocycles. The molecule has 6 N–H and O–H groups in total. The molecule has 4 aromatic carbocycles. The van der Waals surface area contributed by atoms with E-state index >= 15 is 0 Å². The van der Waals surface area contributed by atoms with E-state index in [-0.39, 0.29) is 22.7 Å². The van der Waals surface area contributed by atoms with E-state index in [0.29, 0.717) is 17.1 Å². The summed E-state index contributed by atoms with van der Waals surface area (Å²) in [5.74, 6) is -0.713. The van der Waals surface area contributed by atoms with Crippen molar-refractivity contribution in [3.63, 3.8) is 0 Å². The van der Waals surface area contributed by atoms with Crippen molar-refractivity contribution in [2.75, 3.05) is 22.6 Å². The van der Waals surface area contributed by atoms with Crippen molar-refractivity contribution in [2.45, 2.75) is 0 Å². The first-order valence-electron chi connectivity index (χ1n) is 11.3. The van der Waals surface area contributed by atoms with Crippen molar-refractivity contribution in [2.24, 2.45) is 5.73 Å². The Morgan fingerprint density at radius 3 is 1.97 bits per heavy atom. The molecular weight excluding hydrogens is 488 g/mol. The number of ether oxygens (including phenoxy) is 1. The number of urea groups is 2. The van der Waals surface area contributed by atoms with Crippen LogP contribution in [0.3, 0.4) is 0 Å². The summed E-state index contributed by atoms with van der Waals surface area (Å²) >= 11 is 0. The van der Waals surface area contributed by atoms with Crippen LogP contribution in [0.2, 0.25) is 0 Å². The van der Waals surface area contributed by atoms with E-state index in [9.17, 15) is 24.6 Å². The van der Waals surface area contributed by atoms with Gasteiger partial charge in [0.25, 0.3) is 0 Å². The number of benzene rings is 4. The van der Waals surface area contributed by atoms with E-state index in [1.807, 2.05) is 18.2 Å². The van der Waals surface area contributed by atoms with Crippen molar-refractivity contribution in [3.05, 3.63) is 109 Å². The van der Waals surface area contributed by atoms with Crippen LogP contribution in [0.5, 0.6) is 11.5 Å². The van der Waals surface area contributed by atoms with E-state index < -0.39 is 18.0 Å². The molecule has 0 unspecified atom stereocenters. The van der Waals surface area contributed by atoms with Crippen LogP contribution in [0.4, 0.5) is 32.3 Å². The Bertz CT molecular complexity index is 1400. The summed E-state index contributed by atoms with van der Waals surface area (Å²) in [7, 11) is 1.25. The van der Waals surface area contributed by atoms with Gasteiger partial charge in [-0.25, -0.2) is 14.4 Å².